The molecule has 100 valence electrons. The first-order chi connectivity index (χ1) is 8.23. The molecule has 0 fully saturated rings. The highest BCUT2D eigenvalue weighted by molar-refractivity contribution is 7.89. The molecule has 2 aliphatic rings. The van der Waals surface area contributed by atoms with E-state index in [1.54, 1.807) is 6.08 Å². The summed E-state index contributed by atoms with van der Waals surface area (Å²) in [7, 11) is -4.07. The van der Waals surface area contributed by atoms with Gasteiger partial charge in [0.2, 0.25) is 0 Å². The van der Waals surface area contributed by atoms with Crippen LogP contribution >= 0.6 is 0 Å². The van der Waals surface area contributed by atoms with Crippen LogP contribution in [0.2, 0.25) is 0 Å². The maximum absolute atomic E-state index is 11.2. The van der Waals surface area contributed by atoms with E-state index >= 15 is 0 Å². The minimum absolute atomic E-state index is 0.0370. The van der Waals surface area contributed by atoms with E-state index in [1.165, 1.54) is 6.08 Å². The van der Waals surface area contributed by atoms with Crippen molar-refractivity contribution >= 4 is 15.8 Å². The van der Waals surface area contributed by atoms with Crippen molar-refractivity contribution in [3.05, 3.63) is 22.8 Å². The van der Waals surface area contributed by atoms with Gasteiger partial charge in [-0.1, -0.05) is 13.8 Å². The van der Waals surface area contributed by atoms with Crippen molar-refractivity contribution in [2.75, 3.05) is 0 Å². The van der Waals surface area contributed by atoms with Crippen LogP contribution < -0.4 is 0 Å². The average molecular weight is 269 g/mol. The average Bonchev–Trinajstić information content (AvgIpc) is 2.37. The molecule has 0 spiro atoms. The van der Waals surface area contributed by atoms with Gasteiger partial charge in [0.15, 0.2) is 0 Å². The molecule has 0 saturated carbocycles. The molecule has 1 N–H and O–H groups in total. The van der Waals surface area contributed by atoms with E-state index in [2.05, 4.69) is 18.8 Å². The van der Waals surface area contributed by atoms with Crippen molar-refractivity contribution in [3.8, 4) is 0 Å². The van der Waals surface area contributed by atoms with Gasteiger partial charge >= 0.3 is 0 Å². The van der Waals surface area contributed by atoms with Crippen LogP contribution in [-0.4, -0.2) is 18.7 Å². The van der Waals surface area contributed by atoms with Gasteiger partial charge in [-0.15, -0.1) is 0 Å². The summed E-state index contributed by atoms with van der Waals surface area (Å²) in [6.45, 7) is 6.36. The monoisotopic (exact) mass is 269 g/mol. The molecular weight excluding hydrogens is 250 g/mol. The highest BCUT2D eigenvalue weighted by Gasteiger charge is 2.39. The van der Waals surface area contributed by atoms with Gasteiger partial charge in [-0.2, -0.15) is 8.42 Å². The maximum atomic E-state index is 11.2. The third-order valence-corrected chi connectivity index (χ3v) is 5.15. The number of nitrogens with zero attached hydrogens (tertiary/aromatic N) is 1. The molecule has 1 aliphatic carbocycles. The number of hydrogen-bond donors (Lipinski definition) is 1. The molecule has 0 amide bonds. The van der Waals surface area contributed by atoms with Crippen LogP contribution in [0, 0.1) is 11.3 Å². The van der Waals surface area contributed by atoms with E-state index in [9.17, 15) is 8.42 Å². The van der Waals surface area contributed by atoms with Crippen molar-refractivity contribution in [1.82, 2.24) is 0 Å². The normalized spacial score (nSPS) is 27.6. The summed E-state index contributed by atoms with van der Waals surface area (Å²) in [6, 6.07) is 0. The summed E-state index contributed by atoms with van der Waals surface area (Å²) in [6.07, 6.45) is 5.28. The second-order valence-corrected chi connectivity index (χ2v) is 7.04. The van der Waals surface area contributed by atoms with Gasteiger partial charge in [0.25, 0.3) is 10.1 Å². The standard InChI is InChI=1S/C13H19NO3S/c1-9-13(2,3)11-6-4-5-10(18(15,16)17)7-8-12(11)14-9/h7-8,11H,4-6H2,1-3H3,(H,15,16,17). The molecule has 5 heteroatoms. The Balaban J connectivity index is 2.43. The lowest BCUT2D eigenvalue weighted by atomic mass is 9.74. The van der Waals surface area contributed by atoms with E-state index in [4.69, 9.17) is 4.55 Å². The molecule has 2 rings (SSSR count). The molecule has 0 radical (unpaired) electrons. The Morgan fingerprint density at radius 1 is 1.39 bits per heavy atom. The zero-order chi connectivity index (χ0) is 13.6. The second-order valence-electron chi connectivity index (χ2n) is 5.56. The second kappa shape index (κ2) is 4.31. The highest BCUT2D eigenvalue weighted by atomic mass is 32.2. The number of aliphatic imine (C=N–C) groups is 1. The molecule has 0 aromatic rings. The Hall–Kier alpha value is -0.940. The van der Waals surface area contributed by atoms with Gasteiger partial charge in [0.05, 0.1) is 4.91 Å². The van der Waals surface area contributed by atoms with Crippen molar-refractivity contribution < 1.29 is 13.0 Å². The van der Waals surface area contributed by atoms with Crippen molar-refractivity contribution in [1.29, 1.82) is 0 Å². The predicted octanol–water partition coefficient (Wildman–Crippen LogP) is 2.94. The van der Waals surface area contributed by atoms with Gasteiger partial charge in [0, 0.05) is 22.7 Å². The molecule has 0 saturated heterocycles. The predicted molar refractivity (Wildman–Crippen MR) is 71.9 cm³/mol. The lowest BCUT2D eigenvalue weighted by Crippen LogP contribution is -2.27. The summed E-state index contributed by atoms with van der Waals surface area (Å²) in [5, 5.41) is 0. The first-order valence-electron chi connectivity index (χ1n) is 6.17. The fraction of sp³-hybridized carbons (Fsp3) is 0.615. The Labute approximate surface area is 108 Å². The number of fused-ring (bicyclic) bond motifs is 1. The minimum atomic E-state index is -4.07. The van der Waals surface area contributed by atoms with Crippen LogP contribution in [0.3, 0.4) is 0 Å². The first-order valence-corrected chi connectivity index (χ1v) is 7.61. The van der Waals surface area contributed by atoms with Crippen molar-refractivity contribution in [2.45, 2.75) is 40.0 Å². The molecule has 1 unspecified atom stereocenters. The zero-order valence-electron chi connectivity index (χ0n) is 11.0. The summed E-state index contributed by atoms with van der Waals surface area (Å²) >= 11 is 0. The minimum Gasteiger partial charge on any atom is -0.282 e. The molecule has 1 heterocycles. The summed E-state index contributed by atoms with van der Waals surface area (Å²) in [4.78, 5) is 4.63. The highest BCUT2D eigenvalue weighted by Crippen LogP contribution is 2.44. The molecule has 0 aromatic carbocycles. The number of allylic oxidation sites excluding steroid dienone is 4. The van der Waals surface area contributed by atoms with E-state index in [1.807, 2.05) is 6.92 Å². The number of hydrogen-bond acceptors (Lipinski definition) is 3. The van der Waals surface area contributed by atoms with E-state index < -0.39 is 10.1 Å². The maximum Gasteiger partial charge on any atom is 0.290 e. The van der Waals surface area contributed by atoms with Crippen LogP contribution in [0.25, 0.3) is 0 Å². The molecule has 18 heavy (non-hydrogen) atoms. The molecule has 0 bridgehead atoms. The molecule has 0 aromatic heterocycles. The van der Waals surface area contributed by atoms with Crippen molar-refractivity contribution in [2.24, 2.45) is 16.3 Å². The quantitative estimate of drug-likeness (QED) is 0.744. The first kappa shape index (κ1) is 13.5. The fourth-order valence-corrected chi connectivity index (χ4v) is 3.30. The van der Waals surface area contributed by atoms with Gasteiger partial charge in [-0.3, -0.25) is 9.55 Å². The molecule has 4 nitrogen and oxygen atoms in total. The topological polar surface area (TPSA) is 66.7 Å². The number of rotatable bonds is 1. The van der Waals surface area contributed by atoms with Gasteiger partial charge < -0.3 is 0 Å². The Morgan fingerprint density at radius 3 is 2.67 bits per heavy atom. The Morgan fingerprint density at radius 2 is 2.06 bits per heavy atom. The lowest BCUT2D eigenvalue weighted by molar-refractivity contribution is 0.346. The summed E-state index contributed by atoms with van der Waals surface area (Å²) in [5.41, 5.74) is 2.05. The van der Waals surface area contributed by atoms with Gasteiger partial charge in [-0.25, -0.2) is 0 Å². The van der Waals surface area contributed by atoms with E-state index in [0.29, 0.717) is 12.3 Å². The Bertz CT molecular complexity index is 553. The van der Waals surface area contributed by atoms with Crippen LogP contribution in [-0.2, 0) is 10.1 Å². The van der Waals surface area contributed by atoms with Gasteiger partial charge in [-0.05, 0) is 38.3 Å². The molecule has 1 atom stereocenters. The smallest absolute Gasteiger partial charge is 0.282 e. The molecular formula is C13H19NO3S. The lowest BCUT2D eigenvalue weighted by Gasteiger charge is -2.28. The third-order valence-electron chi connectivity index (χ3n) is 4.14. The third kappa shape index (κ3) is 2.29. The van der Waals surface area contributed by atoms with Crippen LogP contribution in [0.5, 0.6) is 0 Å². The van der Waals surface area contributed by atoms with Crippen LogP contribution in [0.4, 0.5) is 0 Å². The largest absolute Gasteiger partial charge is 0.290 e. The summed E-state index contributed by atoms with van der Waals surface area (Å²) in [5.74, 6) is 0.344. The van der Waals surface area contributed by atoms with E-state index in [0.717, 1.165) is 24.3 Å². The zero-order valence-corrected chi connectivity index (χ0v) is 11.8. The Kier molecular flexibility index (Phi) is 3.23. The summed E-state index contributed by atoms with van der Waals surface area (Å²) < 4.78 is 31.4. The van der Waals surface area contributed by atoms with Crippen LogP contribution in [0.1, 0.15) is 40.0 Å². The molecule has 1 aliphatic heterocycles. The SMILES string of the molecule is CC1=NC2=CC=C(S(=O)(=O)O)CCCC2C1(C)C. The van der Waals surface area contributed by atoms with Crippen LogP contribution in [0.15, 0.2) is 27.7 Å². The van der Waals surface area contributed by atoms with Crippen molar-refractivity contribution in [3.63, 3.8) is 0 Å². The fourth-order valence-electron chi connectivity index (χ4n) is 2.66. The van der Waals surface area contributed by atoms with Gasteiger partial charge in [0.1, 0.15) is 0 Å². The van der Waals surface area contributed by atoms with E-state index in [-0.39, 0.29) is 10.3 Å².